The molecule has 0 bridgehead atoms. The minimum absolute atomic E-state index is 0.115. The van der Waals surface area contributed by atoms with Gasteiger partial charge in [0.05, 0.1) is 0 Å². The van der Waals surface area contributed by atoms with Crippen LogP contribution in [-0.4, -0.2) is 60.0 Å². The Labute approximate surface area is 107 Å². The van der Waals surface area contributed by atoms with Crippen molar-refractivity contribution < 1.29 is 9.59 Å². The second kappa shape index (κ2) is 5.07. The van der Waals surface area contributed by atoms with Crippen LogP contribution >= 0.6 is 0 Å². The Morgan fingerprint density at radius 3 is 2.61 bits per heavy atom. The summed E-state index contributed by atoms with van der Waals surface area (Å²) in [4.78, 5) is 27.5. The molecule has 0 aromatic rings. The fourth-order valence-corrected chi connectivity index (χ4v) is 2.65. The molecule has 2 heterocycles. The molecule has 2 saturated heterocycles. The van der Waals surface area contributed by atoms with Gasteiger partial charge in [-0.15, -0.1) is 6.58 Å². The Morgan fingerprint density at radius 2 is 2.06 bits per heavy atom. The van der Waals surface area contributed by atoms with Gasteiger partial charge in [-0.1, -0.05) is 6.08 Å². The first-order valence-electron chi connectivity index (χ1n) is 6.30. The molecule has 2 rings (SSSR count). The third-order valence-corrected chi connectivity index (χ3v) is 3.70. The van der Waals surface area contributed by atoms with Crippen molar-refractivity contribution in [2.24, 2.45) is 5.73 Å². The Hall–Kier alpha value is -1.40. The molecule has 18 heavy (non-hydrogen) atoms. The fourth-order valence-electron chi connectivity index (χ4n) is 2.65. The molecule has 1 spiro atoms. The van der Waals surface area contributed by atoms with E-state index in [1.54, 1.807) is 0 Å². The normalized spacial score (nSPS) is 23.5. The van der Waals surface area contributed by atoms with Crippen LogP contribution in [0.2, 0.25) is 0 Å². The number of rotatable bonds is 4. The zero-order valence-corrected chi connectivity index (χ0v) is 10.5. The molecule has 6 nitrogen and oxygen atoms in total. The van der Waals surface area contributed by atoms with Crippen LogP contribution in [-0.2, 0) is 4.79 Å². The minimum Gasteiger partial charge on any atom is -0.329 e. The quantitative estimate of drug-likeness (QED) is 0.523. The lowest BCUT2D eigenvalue weighted by atomic mass is 9.87. The van der Waals surface area contributed by atoms with E-state index in [4.69, 9.17) is 5.73 Å². The maximum atomic E-state index is 12.3. The molecule has 6 heteroatoms. The predicted molar refractivity (Wildman–Crippen MR) is 67.9 cm³/mol. The number of likely N-dealkylation sites (tertiary alicyclic amines) is 1. The van der Waals surface area contributed by atoms with Crippen molar-refractivity contribution in [3.63, 3.8) is 0 Å². The van der Waals surface area contributed by atoms with E-state index >= 15 is 0 Å². The van der Waals surface area contributed by atoms with E-state index in [1.807, 2.05) is 6.08 Å². The van der Waals surface area contributed by atoms with Crippen LogP contribution in [0.4, 0.5) is 4.79 Å². The van der Waals surface area contributed by atoms with Gasteiger partial charge in [0.25, 0.3) is 5.91 Å². The number of imide groups is 1. The number of hydrogen-bond donors (Lipinski definition) is 2. The largest absolute Gasteiger partial charge is 0.329 e. The maximum Gasteiger partial charge on any atom is 0.325 e. The first-order valence-corrected chi connectivity index (χ1v) is 6.30. The maximum absolute atomic E-state index is 12.3. The summed E-state index contributed by atoms with van der Waals surface area (Å²) < 4.78 is 0. The Morgan fingerprint density at radius 1 is 1.39 bits per heavy atom. The third kappa shape index (κ3) is 2.13. The van der Waals surface area contributed by atoms with E-state index in [1.165, 1.54) is 4.90 Å². The van der Waals surface area contributed by atoms with Crippen molar-refractivity contribution >= 4 is 11.9 Å². The number of nitrogens with zero attached hydrogens (tertiary/aromatic N) is 2. The summed E-state index contributed by atoms with van der Waals surface area (Å²) in [6, 6.07) is -0.303. The molecule has 2 aliphatic rings. The molecular weight excluding hydrogens is 232 g/mol. The van der Waals surface area contributed by atoms with Crippen molar-refractivity contribution in [2.75, 3.05) is 32.7 Å². The lowest BCUT2D eigenvalue weighted by Gasteiger charge is -2.36. The van der Waals surface area contributed by atoms with Crippen LogP contribution in [0, 0.1) is 0 Å². The number of carbonyl (C=O) groups excluding carboxylic acids is 2. The number of piperidine rings is 1. The Balaban J connectivity index is 2.04. The minimum atomic E-state index is -0.691. The number of carbonyl (C=O) groups is 2. The van der Waals surface area contributed by atoms with Crippen LogP contribution in [0.25, 0.3) is 0 Å². The van der Waals surface area contributed by atoms with Gasteiger partial charge in [0.1, 0.15) is 5.54 Å². The van der Waals surface area contributed by atoms with Crippen LogP contribution in [0.5, 0.6) is 0 Å². The van der Waals surface area contributed by atoms with Crippen molar-refractivity contribution in [1.29, 1.82) is 0 Å². The molecule has 0 aromatic heterocycles. The molecular formula is C12H20N4O2. The summed E-state index contributed by atoms with van der Waals surface area (Å²) in [5, 5.41) is 2.85. The monoisotopic (exact) mass is 252 g/mol. The molecule has 3 amide bonds. The van der Waals surface area contributed by atoms with E-state index < -0.39 is 5.54 Å². The van der Waals surface area contributed by atoms with E-state index in [0.717, 1.165) is 19.6 Å². The van der Waals surface area contributed by atoms with Gasteiger partial charge in [0, 0.05) is 32.7 Å². The van der Waals surface area contributed by atoms with Crippen LogP contribution in [0.3, 0.4) is 0 Å². The second-order valence-electron chi connectivity index (χ2n) is 4.85. The predicted octanol–water partition coefficient (Wildman–Crippen LogP) is -0.482. The lowest BCUT2D eigenvalue weighted by Crippen LogP contribution is -2.55. The van der Waals surface area contributed by atoms with Gasteiger partial charge >= 0.3 is 6.03 Å². The smallest absolute Gasteiger partial charge is 0.325 e. The third-order valence-electron chi connectivity index (χ3n) is 3.70. The molecule has 100 valence electrons. The summed E-state index contributed by atoms with van der Waals surface area (Å²) in [6.07, 6.45) is 3.17. The highest BCUT2D eigenvalue weighted by Gasteiger charge is 2.51. The van der Waals surface area contributed by atoms with Gasteiger partial charge in [-0.3, -0.25) is 14.6 Å². The van der Waals surface area contributed by atoms with Crippen molar-refractivity contribution in [3.05, 3.63) is 12.7 Å². The highest BCUT2D eigenvalue weighted by molar-refractivity contribution is 6.07. The lowest BCUT2D eigenvalue weighted by molar-refractivity contribution is -0.132. The standard InChI is InChI=1S/C12H20N4O2/c1-2-6-15-7-3-12(4-8-15)10(17)16(9-5-13)11(18)14-12/h2H,1,3-9,13H2,(H,14,18). The summed E-state index contributed by atoms with van der Waals surface area (Å²) in [5.41, 5.74) is 4.73. The number of hydrogen-bond acceptors (Lipinski definition) is 4. The van der Waals surface area contributed by atoms with E-state index in [-0.39, 0.29) is 11.9 Å². The molecule has 0 aliphatic carbocycles. The zero-order chi connectivity index (χ0) is 13.2. The van der Waals surface area contributed by atoms with Gasteiger partial charge in [-0.05, 0) is 12.8 Å². The first kappa shape index (κ1) is 13.0. The Bertz CT molecular complexity index is 361. The average Bonchev–Trinajstić information content (AvgIpc) is 2.58. The molecule has 0 unspecified atom stereocenters. The number of nitrogens with one attached hydrogen (secondary N) is 1. The molecule has 2 fully saturated rings. The fraction of sp³-hybridized carbons (Fsp3) is 0.667. The van der Waals surface area contributed by atoms with E-state index in [0.29, 0.717) is 25.9 Å². The molecule has 2 aliphatic heterocycles. The van der Waals surface area contributed by atoms with Gasteiger partial charge in [0.15, 0.2) is 0 Å². The summed E-state index contributed by atoms with van der Waals surface area (Å²) in [5.74, 6) is -0.115. The highest BCUT2D eigenvalue weighted by atomic mass is 16.2. The van der Waals surface area contributed by atoms with Gasteiger partial charge < -0.3 is 11.1 Å². The number of amides is 3. The van der Waals surface area contributed by atoms with Crippen molar-refractivity contribution in [2.45, 2.75) is 18.4 Å². The van der Waals surface area contributed by atoms with Crippen molar-refractivity contribution in [3.8, 4) is 0 Å². The van der Waals surface area contributed by atoms with Crippen molar-refractivity contribution in [1.82, 2.24) is 15.1 Å². The van der Waals surface area contributed by atoms with Crippen LogP contribution in [0.15, 0.2) is 12.7 Å². The summed E-state index contributed by atoms with van der Waals surface area (Å²) in [7, 11) is 0. The van der Waals surface area contributed by atoms with Gasteiger partial charge in [0.2, 0.25) is 0 Å². The van der Waals surface area contributed by atoms with Gasteiger partial charge in [-0.2, -0.15) is 0 Å². The molecule has 0 atom stereocenters. The first-order chi connectivity index (χ1) is 8.63. The average molecular weight is 252 g/mol. The van der Waals surface area contributed by atoms with Crippen LogP contribution in [0.1, 0.15) is 12.8 Å². The number of nitrogens with two attached hydrogens (primary N) is 1. The molecule has 0 aromatic carbocycles. The SMILES string of the molecule is C=CCN1CCC2(CC1)NC(=O)N(CCN)C2=O. The zero-order valence-electron chi connectivity index (χ0n) is 10.5. The summed E-state index contributed by atoms with van der Waals surface area (Å²) in [6.45, 7) is 6.73. The number of urea groups is 1. The topological polar surface area (TPSA) is 78.7 Å². The van der Waals surface area contributed by atoms with E-state index in [2.05, 4.69) is 16.8 Å². The highest BCUT2D eigenvalue weighted by Crippen LogP contribution is 2.29. The second-order valence-corrected chi connectivity index (χ2v) is 4.85. The Kier molecular flexibility index (Phi) is 3.68. The summed E-state index contributed by atoms with van der Waals surface area (Å²) >= 11 is 0. The van der Waals surface area contributed by atoms with Crippen LogP contribution < -0.4 is 11.1 Å². The van der Waals surface area contributed by atoms with E-state index in [9.17, 15) is 9.59 Å². The molecule has 0 radical (unpaired) electrons. The van der Waals surface area contributed by atoms with Gasteiger partial charge in [-0.25, -0.2) is 4.79 Å². The molecule has 0 saturated carbocycles. The molecule has 3 N–H and O–H groups in total.